The van der Waals surface area contributed by atoms with Crippen molar-refractivity contribution in [1.29, 1.82) is 0 Å². The molecule has 88 valence electrons. The summed E-state index contributed by atoms with van der Waals surface area (Å²) in [6.45, 7) is 0.654. The first kappa shape index (κ1) is 11.4. The van der Waals surface area contributed by atoms with Gasteiger partial charge in [-0.05, 0) is 23.3 Å². The number of hydrogen-bond acceptors (Lipinski definition) is 4. The molecule has 1 unspecified atom stereocenters. The van der Waals surface area contributed by atoms with Gasteiger partial charge in [0.05, 0.1) is 18.5 Å². The highest BCUT2D eigenvalue weighted by Crippen LogP contribution is 2.28. The van der Waals surface area contributed by atoms with Crippen molar-refractivity contribution >= 4 is 9.84 Å². The summed E-state index contributed by atoms with van der Waals surface area (Å²) in [4.78, 5) is 0. The highest BCUT2D eigenvalue weighted by molar-refractivity contribution is 7.90. The summed E-state index contributed by atoms with van der Waals surface area (Å²) in [5.41, 5.74) is 1.67. The molecule has 1 aliphatic rings. The molecule has 16 heavy (non-hydrogen) atoms. The Labute approximate surface area is 94.8 Å². The summed E-state index contributed by atoms with van der Waals surface area (Å²) in [7, 11) is -3.17. The summed E-state index contributed by atoms with van der Waals surface area (Å²) < 4.78 is 27.5. The van der Waals surface area contributed by atoms with E-state index in [4.69, 9.17) is 4.74 Å². The lowest BCUT2D eigenvalue weighted by molar-refractivity contribution is 0.202. The number of hydrogen-bond donors (Lipinski definition) is 1. The maximum Gasteiger partial charge on any atom is 0.150 e. The number of rotatable bonds is 3. The van der Waals surface area contributed by atoms with E-state index in [2.05, 4.69) is 0 Å². The van der Waals surface area contributed by atoms with Crippen molar-refractivity contribution in [3.8, 4) is 5.75 Å². The zero-order valence-corrected chi connectivity index (χ0v) is 9.83. The van der Waals surface area contributed by atoms with Crippen LogP contribution in [0.15, 0.2) is 18.2 Å². The standard InChI is InChI=1S/C11H14O4S/c1-16(13,14)7-10(12)8-2-3-11-9(6-8)4-5-15-11/h2-3,6,10,12H,4-5,7H2,1H3. The zero-order valence-electron chi connectivity index (χ0n) is 9.01. The fraction of sp³-hybridized carbons (Fsp3) is 0.455. The number of benzene rings is 1. The van der Waals surface area contributed by atoms with Crippen LogP contribution in [0.4, 0.5) is 0 Å². The number of sulfone groups is 1. The number of ether oxygens (including phenoxy) is 1. The molecule has 1 atom stereocenters. The highest BCUT2D eigenvalue weighted by atomic mass is 32.2. The van der Waals surface area contributed by atoms with Crippen LogP contribution in [0.1, 0.15) is 17.2 Å². The van der Waals surface area contributed by atoms with Gasteiger partial charge in [0, 0.05) is 12.7 Å². The second-order valence-corrected chi connectivity index (χ2v) is 6.26. The molecule has 0 fully saturated rings. The lowest BCUT2D eigenvalue weighted by Crippen LogP contribution is -2.12. The summed E-state index contributed by atoms with van der Waals surface area (Å²) in [5, 5.41) is 9.77. The first-order valence-electron chi connectivity index (χ1n) is 5.07. The SMILES string of the molecule is CS(=O)(=O)CC(O)c1ccc2c(c1)CCO2. The van der Waals surface area contributed by atoms with E-state index >= 15 is 0 Å². The van der Waals surface area contributed by atoms with Crippen LogP contribution >= 0.6 is 0 Å². The van der Waals surface area contributed by atoms with Crippen molar-refractivity contribution < 1.29 is 18.3 Å². The van der Waals surface area contributed by atoms with E-state index < -0.39 is 15.9 Å². The maximum absolute atomic E-state index is 11.1. The van der Waals surface area contributed by atoms with Crippen molar-refractivity contribution in [2.24, 2.45) is 0 Å². The first-order chi connectivity index (χ1) is 7.46. The van der Waals surface area contributed by atoms with Crippen LogP contribution in [0.5, 0.6) is 5.75 Å². The molecule has 0 saturated carbocycles. The maximum atomic E-state index is 11.1. The van der Waals surface area contributed by atoms with Crippen LogP contribution in [-0.4, -0.2) is 32.1 Å². The van der Waals surface area contributed by atoms with Crippen LogP contribution in [0.3, 0.4) is 0 Å². The first-order valence-corrected chi connectivity index (χ1v) is 7.13. The quantitative estimate of drug-likeness (QED) is 0.847. The average Bonchev–Trinajstić information content (AvgIpc) is 2.61. The Morgan fingerprint density at radius 1 is 1.50 bits per heavy atom. The third-order valence-corrected chi connectivity index (χ3v) is 3.48. The summed E-state index contributed by atoms with van der Waals surface area (Å²) >= 11 is 0. The van der Waals surface area contributed by atoms with Gasteiger partial charge in [0.25, 0.3) is 0 Å². The van der Waals surface area contributed by atoms with Gasteiger partial charge in [-0.2, -0.15) is 0 Å². The number of aliphatic hydroxyl groups excluding tert-OH is 1. The minimum Gasteiger partial charge on any atom is -0.493 e. The van der Waals surface area contributed by atoms with Crippen molar-refractivity contribution in [3.05, 3.63) is 29.3 Å². The second kappa shape index (κ2) is 4.07. The Kier molecular flexibility index (Phi) is 2.90. The van der Waals surface area contributed by atoms with Crippen molar-refractivity contribution in [2.45, 2.75) is 12.5 Å². The molecule has 0 amide bonds. The Hall–Kier alpha value is -1.07. The van der Waals surface area contributed by atoms with Gasteiger partial charge in [0.15, 0.2) is 0 Å². The summed E-state index contributed by atoms with van der Waals surface area (Å²) in [5.74, 6) is 0.586. The Morgan fingerprint density at radius 3 is 2.94 bits per heavy atom. The fourth-order valence-corrected chi connectivity index (χ4v) is 2.56. The summed E-state index contributed by atoms with van der Waals surface area (Å²) in [6.07, 6.45) is 0.975. The molecule has 5 heteroatoms. The minimum atomic E-state index is -3.17. The molecular formula is C11H14O4S. The van der Waals surface area contributed by atoms with Crippen molar-refractivity contribution in [1.82, 2.24) is 0 Å². The molecule has 1 heterocycles. The third-order valence-electron chi connectivity index (χ3n) is 2.56. The number of aliphatic hydroxyl groups is 1. The minimum absolute atomic E-state index is 0.243. The van der Waals surface area contributed by atoms with Crippen LogP contribution in [0.2, 0.25) is 0 Å². The van der Waals surface area contributed by atoms with Gasteiger partial charge in [-0.1, -0.05) is 6.07 Å². The van der Waals surface area contributed by atoms with E-state index in [0.717, 1.165) is 24.0 Å². The molecule has 0 bridgehead atoms. The van der Waals surface area contributed by atoms with Crippen LogP contribution in [-0.2, 0) is 16.3 Å². The molecule has 1 aromatic rings. The second-order valence-electron chi connectivity index (χ2n) is 4.07. The van der Waals surface area contributed by atoms with Crippen LogP contribution in [0.25, 0.3) is 0 Å². The molecule has 0 radical (unpaired) electrons. The molecule has 0 spiro atoms. The molecule has 1 aromatic carbocycles. The molecule has 1 N–H and O–H groups in total. The Bertz CT molecular complexity index is 493. The van der Waals surface area contributed by atoms with Gasteiger partial charge in [0.2, 0.25) is 0 Å². The lowest BCUT2D eigenvalue weighted by Gasteiger charge is -2.10. The van der Waals surface area contributed by atoms with Gasteiger partial charge >= 0.3 is 0 Å². The molecular weight excluding hydrogens is 228 g/mol. The predicted octanol–water partition coefficient (Wildman–Crippen LogP) is 0.700. The van der Waals surface area contributed by atoms with E-state index in [1.54, 1.807) is 12.1 Å². The zero-order chi connectivity index (χ0) is 11.8. The van der Waals surface area contributed by atoms with E-state index in [9.17, 15) is 13.5 Å². The van der Waals surface area contributed by atoms with Crippen molar-refractivity contribution in [3.63, 3.8) is 0 Å². The normalized spacial score (nSPS) is 16.6. The predicted molar refractivity (Wildman–Crippen MR) is 60.3 cm³/mol. The third kappa shape index (κ3) is 2.54. The van der Waals surface area contributed by atoms with Crippen molar-refractivity contribution in [2.75, 3.05) is 18.6 Å². The monoisotopic (exact) mass is 242 g/mol. The molecule has 4 nitrogen and oxygen atoms in total. The van der Waals surface area contributed by atoms with Gasteiger partial charge in [-0.3, -0.25) is 0 Å². The van der Waals surface area contributed by atoms with Crippen LogP contribution in [0, 0.1) is 0 Å². The van der Waals surface area contributed by atoms with E-state index in [1.165, 1.54) is 0 Å². The molecule has 2 rings (SSSR count). The Balaban J connectivity index is 2.21. The van der Waals surface area contributed by atoms with E-state index in [0.29, 0.717) is 12.2 Å². The smallest absolute Gasteiger partial charge is 0.150 e. The molecule has 0 aromatic heterocycles. The highest BCUT2D eigenvalue weighted by Gasteiger charge is 2.18. The fourth-order valence-electron chi connectivity index (χ4n) is 1.80. The molecule has 0 aliphatic carbocycles. The topological polar surface area (TPSA) is 63.6 Å². The van der Waals surface area contributed by atoms with Gasteiger partial charge < -0.3 is 9.84 Å². The lowest BCUT2D eigenvalue weighted by atomic mass is 10.1. The molecule has 0 saturated heterocycles. The average molecular weight is 242 g/mol. The largest absolute Gasteiger partial charge is 0.493 e. The van der Waals surface area contributed by atoms with Crippen LogP contribution < -0.4 is 4.74 Å². The number of fused-ring (bicyclic) bond motifs is 1. The van der Waals surface area contributed by atoms with Gasteiger partial charge in [-0.15, -0.1) is 0 Å². The van der Waals surface area contributed by atoms with Gasteiger partial charge in [-0.25, -0.2) is 8.42 Å². The summed E-state index contributed by atoms with van der Waals surface area (Å²) in [6, 6.07) is 5.31. The van der Waals surface area contributed by atoms with Gasteiger partial charge in [0.1, 0.15) is 15.6 Å². The Morgan fingerprint density at radius 2 is 2.25 bits per heavy atom. The van der Waals surface area contributed by atoms with E-state index in [1.807, 2.05) is 6.07 Å². The van der Waals surface area contributed by atoms with E-state index in [-0.39, 0.29) is 5.75 Å². The molecule has 1 aliphatic heterocycles.